The van der Waals surface area contributed by atoms with E-state index in [-0.39, 0.29) is 33.5 Å². The summed E-state index contributed by atoms with van der Waals surface area (Å²) in [5.41, 5.74) is 3.46. The van der Waals surface area contributed by atoms with Crippen molar-refractivity contribution in [2.24, 2.45) is 0 Å². The first-order valence-electron chi connectivity index (χ1n) is 21.2. The second-order valence-electron chi connectivity index (χ2n) is 11.5. The van der Waals surface area contributed by atoms with E-state index in [4.69, 9.17) is 18.1 Å². The van der Waals surface area contributed by atoms with Crippen LogP contribution in [0.4, 0.5) is 0 Å². The van der Waals surface area contributed by atoms with Gasteiger partial charge in [-0.2, -0.15) is 0 Å². The number of fused-ring (bicyclic) bond motifs is 8. The van der Waals surface area contributed by atoms with Crippen LogP contribution in [0.2, 0.25) is 0 Å². The molecule has 0 aliphatic heterocycles. The largest absolute Gasteiger partial charge is 0.455 e. The maximum absolute atomic E-state index is 9.60. The van der Waals surface area contributed by atoms with E-state index in [0.717, 1.165) is 38.3 Å². The summed E-state index contributed by atoms with van der Waals surface area (Å²) < 4.78 is 112. The van der Waals surface area contributed by atoms with E-state index in [1.807, 2.05) is 78.9 Å². The van der Waals surface area contributed by atoms with Crippen LogP contribution in [0.3, 0.4) is 0 Å². The van der Waals surface area contributed by atoms with Gasteiger partial charge in [-0.05, 0) is 95.3 Å². The molecule has 0 aliphatic rings. The van der Waals surface area contributed by atoms with E-state index in [1.165, 1.54) is 0 Å². The highest BCUT2D eigenvalue weighted by molar-refractivity contribution is 6.27. The fraction of sp³-hybridized carbons (Fsp3) is 0. The number of benzene rings is 9. The molecule has 10 aromatic rings. The van der Waals surface area contributed by atoms with Gasteiger partial charge in [-0.1, -0.05) is 145 Å². The van der Waals surface area contributed by atoms with Gasteiger partial charge >= 0.3 is 0 Å². The summed E-state index contributed by atoms with van der Waals surface area (Å²) in [7, 11) is 0. The Morgan fingerprint density at radius 1 is 0.426 bits per heavy atom. The summed E-state index contributed by atoms with van der Waals surface area (Å²) in [6.07, 6.45) is 0. The van der Waals surface area contributed by atoms with Crippen LogP contribution in [-0.4, -0.2) is 0 Å². The molecule has 0 atom stereocenters. The molecule has 0 radical (unpaired) electrons. The van der Waals surface area contributed by atoms with Crippen molar-refractivity contribution in [1.29, 1.82) is 0 Å². The molecule has 1 heteroatoms. The minimum atomic E-state index is -0.569. The van der Waals surface area contributed by atoms with Crippen molar-refractivity contribution in [2.75, 3.05) is 0 Å². The monoisotopic (exact) mass is 608 g/mol. The van der Waals surface area contributed by atoms with Gasteiger partial charge in [0.2, 0.25) is 0 Å². The standard InChI is InChI=1S/C46H28O/c1-2-11-29(12-3-1)33-24-25-38-41(28-33)43(34-22-21-30-13-4-5-15-32(30)27-34)36-17-8-9-18-37(36)44(38)39-19-10-20-42-45(39)40-26-23-31-14-6-7-16-35(31)46(40)47-42/h1-28H/i1D,2D,3D,4D,5D,11D,12D,13D,15D,21D,22D,27D. The normalized spacial score (nSPS) is 15.4. The molecule has 0 amide bonds. The third kappa shape index (κ3) is 3.97. The molecule has 1 nitrogen and oxygen atoms in total. The lowest BCUT2D eigenvalue weighted by atomic mass is 9.83. The van der Waals surface area contributed by atoms with Crippen molar-refractivity contribution in [3.63, 3.8) is 0 Å². The van der Waals surface area contributed by atoms with Gasteiger partial charge in [0.15, 0.2) is 0 Å². The fourth-order valence-electron chi connectivity index (χ4n) is 6.96. The first kappa shape index (κ1) is 16.9. The third-order valence-corrected chi connectivity index (χ3v) is 8.97. The van der Waals surface area contributed by atoms with E-state index < -0.39 is 66.5 Å². The van der Waals surface area contributed by atoms with E-state index in [1.54, 1.807) is 18.2 Å². The van der Waals surface area contributed by atoms with Gasteiger partial charge in [-0.15, -0.1) is 0 Å². The Kier molecular flexibility index (Phi) is 3.66. The molecule has 1 aromatic heterocycles. The Bertz CT molecular complexity index is 3510. The first-order chi connectivity index (χ1) is 28.3. The summed E-state index contributed by atoms with van der Waals surface area (Å²) in [6.45, 7) is 0. The molecule has 1 heterocycles. The Labute approximate surface area is 288 Å². The van der Waals surface area contributed by atoms with Gasteiger partial charge in [0, 0.05) is 16.2 Å². The van der Waals surface area contributed by atoms with Gasteiger partial charge < -0.3 is 4.42 Å². The topological polar surface area (TPSA) is 13.1 Å². The molecule has 10 rings (SSSR count). The van der Waals surface area contributed by atoms with Gasteiger partial charge in [0.1, 0.15) is 11.2 Å². The molecule has 9 aromatic carbocycles. The molecule has 0 aliphatic carbocycles. The van der Waals surface area contributed by atoms with Crippen LogP contribution >= 0.6 is 0 Å². The van der Waals surface area contributed by atoms with Crippen molar-refractivity contribution in [2.45, 2.75) is 0 Å². The highest BCUT2D eigenvalue weighted by atomic mass is 16.3. The van der Waals surface area contributed by atoms with E-state index in [2.05, 4.69) is 0 Å². The molecule has 218 valence electrons. The molecule has 0 unspecified atom stereocenters. The smallest absolute Gasteiger partial charge is 0.143 e. The molecule has 0 saturated heterocycles. The van der Waals surface area contributed by atoms with Crippen molar-refractivity contribution >= 4 is 65.0 Å². The van der Waals surface area contributed by atoms with Gasteiger partial charge in [0.05, 0.1) is 16.4 Å². The van der Waals surface area contributed by atoms with Crippen LogP contribution in [0.25, 0.3) is 98.4 Å². The lowest BCUT2D eigenvalue weighted by Crippen LogP contribution is -1.92. The molecular formula is C46H28O. The zero-order chi connectivity index (χ0) is 41.3. The van der Waals surface area contributed by atoms with Gasteiger partial charge in [-0.3, -0.25) is 0 Å². The van der Waals surface area contributed by atoms with E-state index in [0.29, 0.717) is 32.7 Å². The summed E-state index contributed by atoms with van der Waals surface area (Å²) in [5.74, 6) is 0. The maximum atomic E-state index is 9.60. The minimum Gasteiger partial charge on any atom is -0.455 e. The zero-order valence-corrected chi connectivity index (χ0v) is 24.6. The molecule has 0 fully saturated rings. The Balaban J connectivity index is 1.42. The van der Waals surface area contributed by atoms with Gasteiger partial charge in [-0.25, -0.2) is 0 Å². The van der Waals surface area contributed by atoms with Crippen LogP contribution in [0.1, 0.15) is 16.4 Å². The second kappa shape index (κ2) is 10.2. The van der Waals surface area contributed by atoms with Crippen molar-refractivity contribution in [3.8, 4) is 33.4 Å². The van der Waals surface area contributed by atoms with Crippen molar-refractivity contribution in [3.05, 3.63) is 170 Å². The number of hydrogen-bond acceptors (Lipinski definition) is 1. The van der Waals surface area contributed by atoms with Crippen LogP contribution in [0.5, 0.6) is 0 Å². The summed E-state index contributed by atoms with van der Waals surface area (Å²) in [5, 5.41) is 5.61. The van der Waals surface area contributed by atoms with Crippen LogP contribution < -0.4 is 0 Å². The summed E-state index contributed by atoms with van der Waals surface area (Å²) >= 11 is 0. The van der Waals surface area contributed by atoms with Crippen LogP contribution in [0.15, 0.2) is 174 Å². The average molecular weight is 609 g/mol. The second-order valence-corrected chi connectivity index (χ2v) is 11.5. The lowest BCUT2D eigenvalue weighted by molar-refractivity contribution is 0.673. The Morgan fingerprint density at radius 3 is 2.02 bits per heavy atom. The third-order valence-electron chi connectivity index (χ3n) is 8.97. The summed E-state index contributed by atoms with van der Waals surface area (Å²) in [6, 6.07) is 24.7. The average Bonchev–Trinajstić information content (AvgIpc) is 3.64. The highest BCUT2D eigenvalue weighted by Crippen LogP contribution is 2.48. The minimum absolute atomic E-state index is 0.0423. The molecule has 0 spiro atoms. The molecule has 47 heavy (non-hydrogen) atoms. The maximum Gasteiger partial charge on any atom is 0.143 e. The zero-order valence-electron chi connectivity index (χ0n) is 36.6. The Hall–Kier alpha value is -6.18. The van der Waals surface area contributed by atoms with Gasteiger partial charge in [0.25, 0.3) is 0 Å². The molecule has 0 saturated carbocycles. The fourth-order valence-corrected chi connectivity index (χ4v) is 6.96. The van der Waals surface area contributed by atoms with Crippen LogP contribution in [-0.2, 0) is 0 Å². The molecule has 0 bridgehead atoms. The molecule has 0 N–H and O–H groups in total. The quantitative estimate of drug-likeness (QED) is 0.182. The van der Waals surface area contributed by atoms with Crippen molar-refractivity contribution < 1.29 is 20.9 Å². The molecular weight excluding hydrogens is 569 g/mol. The SMILES string of the molecule is [2H]c1c([2H])c([2H])c(-c2ccc3c(-c4cccc5oc6c7ccccc7ccc6c45)c4ccccc4c(-c4c([2H])c([2H])c5c([2H])c([2H])c([2H])c([2H])c5c4[2H])c3c2)c([2H])c1[2H]. The highest BCUT2D eigenvalue weighted by Gasteiger charge is 2.21. The van der Waals surface area contributed by atoms with E-state index in [9.17, 15) is 2.74 Å². The number of hydrogen-bond donors (Lipinski definition) is 0. The Morgan fingerprint density at radius 2 is 1.15 bits per heavy atom. The van der Waals surface area contributed by atoms with Crippen molar-refractivity contribution in [1.82, 2.24) is 0 Å². The lowest BCUT2D eigenvalue weighted by Gasteiger charge is -2.19. The summed E-state index contributed by atoms with van der Waals surface area (Å²) in [4.78, 5) is 0. The van der Waals surface area contributed by atoms with Crippen LogP contribution in [0, 0.1) is 0 Å². The number of furan rings is 1. The van der Waals surface area contributed by atoms with E-state index >= 15 is 0 Å². The number of rotatable bonds is 3. The predicted octanol–water partition coefficient (Wildman–Crippen LogP) is 13.2. The predicted molar refractivity (Wildman–Crippen MR) is 200 cm³/mol. The first-order valence-corrected chi connectivity index (χ1v) is 15.2.